The lowest BCUT2D eigenvalue weighted by Gasteiger charge is -2.36. The summed E-state index contributed by atoms with van der Waals surface area (Å²) in [5, 5.41) is 0. The maximum atomic E-state index is 6.11. The molecule has 0 unspecified atom stereocenters. The lowest BCUT2D eigenvalue weighted by Crippen LogP contribution is -2.46. The minimum absolute atomic E-state index is 0.734. The molecule has 1 fully saturated rings. The number of hydrogen-bond donors (Lipinski definition) is 1. The zero-order valence-electron chi connectivity index (χ0n) is 17.7. The Morgan fingerprint density at radius 1 is 0.935 bits per heavy atom. The van der Waals surface area contributed by atoms with Crippen LogP contribution >= 0.6 is 0 Å². The van der Waals surface area contributed by atoms with Gasteiger partial charge in [0.15, 0.2) is 0 Å². The second-order valence-corrected chi connectivity index (χ2v) is 7.93. The SMILES string of the molecule is COc1cccc(-c2nc3ccc(N)cn3c2CN2CCN(c3ccccc3)CC2)c1. The summed E-state index contributed by atoms with van der Waals surface area (Å²) in [6, 6.07) is 22.6. The van der Waals surface area contributed by atoms with Crippen molar-refractivity contribution in [2.75, 3.05) is 43.9 Å². The number of para-hydroxylation sites is 1. The van der Waals surface area contributed by atoms with Crippen molar-refractivity contribution in [3.8, 4) is 17.0 Å². The van der Waals surface area contributed by atoms with Gasteiger partial charge >= 0.3 is 0 Å². The number of aromatic nitrogens is 2. The fourth-order valence-electron chi connectivity index (χ4n) is 4.28. The average molecular weight is 414 g/mol. The number of nitrogens with two attached hydrogens (primary N) is 1. The highest BCUT2D eigenvalue weighted by Crippen LogP contribution is 2.29. The van der Waals surface area contributed by atoms with Crippen molar-refractivity contribution < 1.29 is 4.74 Å². The van der Waals surface area contributed by atoms with Crippen LogP contribution in [0.2, 0.25) is 0 Å². The monoisotopic (exact) mass is 413 g/mol. The molecule has 0 bridgehead atoms. The zero-order chi connectivity index (χ0) is 21.2. The van der Waals surface area contributed by atoms with Gasteiger partial charge in [-0.1, -0.05) is 30.3 Å². The van der Waals surface area contributed by atoms with Gasteiger partial charge in [-0.15, -0.1) is 0 Å². The second-order valence-electron chi connectivity index (χ2n) is 7.93. The molecule has 4 aromatic rings. The summed E-state index contributed by atoms with van der Waals surface area (Å²) in [5.74, 6) is 0.830. The van der Waals surface area contributed by atoms with Gasteiger partial charge in [0.2, 0.25) is 0 Å². The molecule has 6 heteroatoms. The Balaban J connectivity index is 1.44. The van der Waals surface area contributed by atoms with E-state index < -0.39 is 0 Å². The summed E-state index contributed by atoms with van der Waals surface area (Å²) in [7, 11) is 1.69. The van der Waals surface area contributed by atoms with E-state index in [1.807, 2.05) is 36.5 Å². The van der Waals surface area contributed by atoms with Crippen LogP contribution in [0.1, 0.15) is 5.69 Å². The van der Waals surface area contributed by atoms with Crippen LogP contribution in [0.15, 0.2) is 72.9 Å². The van der Waals surface area contributed by atoms with E-state index in [9.17, 15) is 0 Å². The number of fused-ring (bicyclic) bond motifs is 1. The van der Waals surface area contributed by atoms with Crippen molar-refractivity contribution >= 4 is 17.0 Å². The lowest BCUT2D eigenvalue weighted by atomic mass is 10.1. The number of piperazine rings is 1. The minimum Gasteiger partial charge on any atom is -0.497 e. The molecular formula is C25H27N5O. The Morgan fingerprint density at radius 2 is 1.74 bits per heavy atom. The lowest BCUT2D eigenvalue weighted by molar-refractivity contribution is 0.247. The quantitative estimate of drug-likeness (QED) is 0.538. The van der Waals surface area contributed by atoms with E-state index in [0.717, 1.165) is 66.8 Å². The summed E-state index contributed by atoms with van der Waals surface area (Å²) in [6.07, 6.45) is 1.97. The Bertz CT molecular complexity index is 1180. The Hall–Kier alpha value is -3.51. The third-order valence-electron chi connectivity index (χ3n) is 5.95. The van der Waals surface area contributed by atoms with Crippen LogP contribution in [-0.4, -0.2) is 47.6 Å². The molecule has 6 nitrogen and oxygen atoms in total. The van der Waals surface area contributed by atoms with Crippen molar-refractivity contribution in [2.45, 2.75) is 6.54 Å². The van der Waals surface area contributed by atoms with Crippen molar-refractivity contribution in [3.05, 3.63) is 78.6 Å². The van der Waals surface area contributed by atoms with E-state index in [4.69, 9.17) is 15.5 Å². The molecule has 1 aliphatic rings. The summed E-state index contributed by atoms with van der Waals surface area (Å²) >= 11 is 0. The van der Waals surface area contributed by atoms with Crippen LogP contribution < -0.4 is 15.4 Å². The standard InChI is InChI=1S/C25H27N5O/c1-31-22-9-5-6-19(16-22)25-23(30-17-20(26)10-11-24(30)27-25)18-28-12-14-29(15-13-28)21-7-3-2-4-8-21/h2-11,16-17H,12-15,18,26H2,1H3. The number of nitrogen functional groups attached to an aromatic ring is 1. The average Bonchev–Trinajstić information content (AvgIpc) is 3.17. The molecule has 2 aromatic heterocycles. The van der Waals surface area contributed by atoms with Crippen LogP contribution in [0.3, 0.4) is 0 Å². The molecule has 1 aliphatic heterocycles. The van der Waals surface area contributed by atoms with Crippen molar-refractivity contribution in [1.82, 2.24) is 14.3 Å². The summed E-state index contributed by atoms with van der Waals surface area (Å²) in [4.78, 5) is 9.89. The molecule has 2 N–H and O–H groups in total. The predicted molar refractivity (Wildman–Crippen MR) is 126 cm³/mol. The molecule has 0 saturated carbocycles. The number of nitrogens with zero attached hydrogens (tertiary/aromatic N) is 4. The summed E-state index contributed by atoms with van der Waals surface area (Å²) < 4.78 is 7.58. The van der Waals surface area contributed by atoms with E-state index in [-0.39, 0.29) is 0 Å². The van der Waals surface area contributed by atoms with E-state index in [1.165, 1.54) is 5.69 Å². The van der Waals surface area contributed by atoms with Gasteiger partial charge in [-0.25, -0.2) is 4.98 Å². The van der Waals surface area contributed by atoms with Gasteiger partial charge in [0.05, 0.1) is 18.5 Å². The first-order valence-corrected chi connectivity index (χ1v) is 10.6. The van der Waals surface area contributed by atoms with Gasteiger partial charge in [-0.2, -0.15) is 0 Å². The van der Waals surface area contributed by atoms with Crippen LogP contribution in [-0.2, 0) is 6.54 Å². The van der Waals surface area contributed by atoms with Crippen molar-refractivity contribution in [1.29, 1.82) is 0 Å². The molecule has 2 aromatic carbocycles. The van der Waals surface area contributed by atoms with Crippen LogP contribution in [0.5, 0.6) is 5.75 Å². The molecule has 0 spiro atoms. The number of anilines is 2. The first kappa shape index (κ1) is 19.5. The zero-order valence-corrected chi connectivity index (χ0v) is 17.7. The third-order valence-corrected chi connectivity index (χ3v) is 5.95. The number of benzene rings is 2. The second kappa shape index (κ2) is 8.32. The third kappa shape index (κ3) is 3.94. The number of methoxy groups -OCH3 is 1. The van der Waals surface area contributed by atoms with E-state index in [0.29, 0.717) is 0 Å². The minimum atomic E-state index is 0.734. The molecule has 158 valence electrons. The summed E-state index contributed by atoms with van der Waals surface area (Å²) in [5.41, 5.74) is 12.2. The predicted octanol–water partition coefficient (Wildman–Crippen LogP) is 3.91. The number of pyridine rings is 1. The van der Waals surface area contributed by atoms with Gasteiger partial charge in [0.1, 0.15) is 11.4 Å². The van der Waals surface area contributed by atoms with Gasteiger partial charge in [-0.3, -0.25) is 4.90 Å². The first-order chi connectivity index (χ1) is 15.2. The van der Waals surface area contributed by atoms with E-state index in [2.05, 4.69) is 50.6 Å². The Labute approximate surface area is 182 Å². The fraction of sp³-hybridized carbons (Fsp3) is 0.240. The largest absolute Gasteiger partial charge is 0.497 e. The number of rotatable bonds is 5. The molecule has 31 heavy (non-hydrogen) atoms. The Morgan fingerprint density at radius 3 is 2.52 bits per heavy atom. The maximum Gasteiger partial charge on any atom is 0.137 e. The Kier molecular flexibility index (Phi) is 5.22. The molecule has 0 radical (unpaired) electrons. The normalized spacial score (nSPS) is 14.8. The van der Waals surface area contributed by atoms with Gasteiger partial charge in [-0.05, 0) is 36.4 Å². The molecule has 0 amide bonds. The molecular weight excluding hydrogens is 386 g/mol. The number of hydrogen-bond acceptors (Lipinski definition) is 5. The molecule has 0 aliphatic carbocycles. The topological polar surface area (TPSA) is 59.0 Å². The highest BCUT2D eigenvalue weighted by Gasteiger charge is 2.21. The van der Waals surface area contributed by atoms with Crippen molar-refractivity contribution in [3.63, 3.8) is 0 Å². The fourth-order valence-corrected chi connectivity index (χ4v) is 4.28. The van der Waals surface area contributed by atoms with Gasteiger partial charge < -0.3 is 19.8 Å². The summed E-state index contributed by atoms with van der Waals surface area (Å²) in [6.45, 7) is 4.85. The molecule has 1 saturated heterocycles. The number of imidazole rings is 1. The van der Waals surface area contributed by atoms with E-state index >= 15 is 0 Å². The molecule has 5 rings (SSSR count). The van der Waals surface area contributed by atoms with Gasteiger partial charge in [0.25, 0.3) is 0 Å². The van der Waals surface area contributed by atoms with Gasteiger partial charge in [0, 0.05) is 55.9 Å². The van der Waals surface area contributed by atoms with Crippen molar-refractivity contribution in [2.24, 2.45) is 0 Å². The number of ether oxygens (including phenoxy) is 1. The molecule has 0 atom stereocenters. The molecule has 3 heterocycles. The smallest absolute Gasteiger partial charge is 0.137 e. The highest BCUT2D eigenvalue weighted by molar-refractivity contribution is 5.68. The first-order valence-electron chi connectivity index (χ1n) is 10.6. The van der Waals surface area contributed by atoms with Crippen LogP contribution in [0.25, 0.3) is 16.9 Å². The highest BCUT2D eigenvalue weighted by atomic mass is 16.5. The van der Waals surface area contributed by atoms with Crippen LogP contribution in [0.4, 0.5) is 11.4 Å². The van der Waals surface area contributed by atoms with E-state index in [1.54, 1.807) is 7.11 Å². The van der Waals surface area contributed by atoms with Crippen LogP contribution in [0, 0.1) is 0 Å². The maximum absolute atomic E-state index is 6.11.